The smallest absolute Gasteiger partial charge is 0.257 e. The monoisotopic (exact) mass is 509 g/mol. The molecule has 1 aromatic heterocycles. The predicted octanol–water partition coefficient (Wildman–Crippen LogP) is 4.18. The first kappa shape index (κ1) is 26.2. The van der Waals surface area contributed by atoms with Crippen LogP contribution in [0.25, 0.3) is 0 Å². The molecule has 1 saturated carbocycles. The SMILES string of the molecule is C#CCN(C)C(=O)[C@@H](C)[C@H]1CC[C@@]2(C)Cc3sc(NC(=O)c4ccc(OC)cc4)nc3[C@@H](C)[C@@H]2[C@H]1O. The molecule has 2 N–H and O–H groups in total. The van der Waals surface area contributed by atoms with Gasteiger partial charge in [0.15, 0.2) is 5.13 Å². The van der Waals surface area contributed by atoms with E-state index in [1.54, 1.807) is 43.3 Å². The van der Waals surface area contributed by atoms with Crippen LogP contribution in [0.2, 0.25) is 0 Å². The lowest BCUT2D eigenvalue weighted by atomic mass is 9.53. The summed E-state index contributed by atoms with van der Waals surface area (Å²) in [6.07, 6.45) is 7.27. The summed E-state index contributed by atoms with van der Waals surface area (Å²) in [6.45, 7) is 6.51. The quantitative estimate of drug-likeness (QED) is 0.570. The van der Waals surface area contributed by atoms with Gasteiger partial charge in [0.25, 0.3) is 5.91 Å². The second-order valence-electron chi connectivity index (χ2n) is 10.5. The van der Waals surface area contributed by atoms with Crippen molar-refractivity contribution >= 4 is 28.3 Å². The average molecular weight is 510 g/mol. The molecule has 1 aromatic carbocycles. The number of thiazole rings is 1. The van der Waals surface area contributed by atoms with Crippen LogP contribution >= 0.6 is 11.3 Å². The Morgan fingerprint density at radius 1 is 1.39 bits per heavy atom. The van der Waals surface area contributed by atoms with Gasteiger partial charge in [0, 0.05) is 29.3 Å². The number of nitrogens with zero attached hydrogens (tertiary/aromatic N) is 2. The number of nitrogens with one attached hydrogen (secondary N) is 1. The van der Waals surface area contributed by atoms with E-state index >= 15 is 0 Å². The molecule has 0 spiro atoms. The van der Waals surface area contributed by atoms with E-state index in [9.17, 15) is 14.7 Å². The molecular weight excluding hydrogens is 474 g/mol. The van der Waals surface area contributed by atoms with Gasteiger partial charge < -0.3 is 14.7 Å². The number of ether oxygens (including phenoxy) is 1. The molecule has 0 unspecified atom stereocenters. The first-order chi connectivity index (χ1) is 17.1. The summed E-state index contributed by atoms with van der Waals surface area (Å²) in [4.78, 5) is 33.2. The molecule has 0 saturated heterocycles. The molecular formula is C28H35N3O4S. The maximum absolute atomic E-state index is 12.9. The molecule has 0 aliphatic heterocycles. The minimum atomic E-state index is -0.621. The molecule has 8 heteroatoms. The highest BCUT2D eigenvalue weighted by atomic mass is 32.1. The molecule has 4 rings (SSSR count). The zero-order valence-corrected chi connectivity index (χ0v) is 22.4. The first-order valence-electron chi connectivity index (χ1n) is 12.4. The highest BCUT2D eigenvalue weighted by Crippen LogP contribution is 2.57. The van der Waals surface area contributed by atoms with Crippen LogP contribution in [-0.2, 0) is 11.2 Å². The Kier molecular flexibility index (Phi) is 7.44. The van der Waals surface area contributed by atoms with Gasteiger partial charge in [-0.3, -0.25) is 14.9 Å². The maximum Gasteiger partial charge on any atom is 0.257 e. The summed E-state index contributed by atoms with van der Waals surface area (Å²) in [6, 6.07) is 6.95. The predicted molar refractivity (Wildman–Crippen MR) is 141 cm³/mol. The number of carbonyl (C=O) groups excluding carboxylic acids is 2. The van der Waals surface area contributed by atoms with Gasteiger partial charge in [0.1, 0.15) is 5.75 Å². The summed E-state index contributed by atoms with van der Waals surface area (Å²) in [5, 5.41) is 15.1. The van der Waals surface area contributed by atoms with E-state index in [2.05, 4.69) is 25.1 Å². The number of aliphatic hydroxyl groups excluding tert-OH is 1. The van der Waals surface area contributed by atoms with Crippen molar-refractivity contribution in [2.45, 2.75) is 52.1 Å². The molecule has 2 aliphatic rings. The van der Waals surface area contributed by atoms with Gasteiger partial charge in [0.2, 0.25) is 5.91 Å². The number of hydrogen-bond donors (Lipinski definition) is 2. The van der Waals surface area contributed by atoms with Crippen molar-refractivity contribution in [3.8, 4) is 18.1 Å². The molecule has 2 aromatic rings. The van der Waals surface area contributed by atoms with Gasteiger partial charge in [-0.2, -0.15) is 0 Å². The minimum Gasteiger partial charge on any atom is -0.497 e. The van der Waals surface area contributed by atoms with Crippen LogP contribution < -0.4 is 10.1 Å². The van der Waals surface area contributed by atoms with Crippen LogP contribution in [0, 0.1) is 35.5 Å². The Hall–Kier alpha value is -2.89. The molecule has 1 fully saturated rings. The summed E-state index contributed by atoms with van der Waals surface area (Å²) < 4.78 is 5.17. The van der Waals surface area contributed by atoms with Gasteiger partial charge in [0.05, 0.1) is 25.5 Å². The lowest BCUT2D eigenvalue weighted by Gasteiger charge is -2.53. The summed E-state index contributed by atoms with van der Waals surface area (Å²) in [7, 11) is 3.30. The Labute approximate surface area is 217 Å². The fraction of sp³-hybridized carbons (Fsp3) is 0.536. The number of benzene rings is 1. The highest BCUT2D eigenvalue weighted by molar-refractivity contribution is 7.15. The summed E-state index contributed by atoms with van der Waals surface area (Å²) in [5.74, 6) is 2.50. The van der Waals surface area contributed by atoms with Crippen molar-refractivity contribution in [1.29, 1.82) is 0 Å². The van der Waals surface area contributed by atoms with E-state index in [1.807, 2.05) is 6.92 Å². The number of hydrogen-bond acceptors (Lipinski definition) is 6. The third-order valence-electron chi connectivity index (χ3n) is 8.23. The third-order valence-corrected chi connectivity index (χ3v) is 9.22. The number of aromatic nitrogens is 1. The topological polar surface area (TPSA) is 91.8 Å². The largest absolute Gasteiger partial charge is 0.497 e. The maximum atomic E-state index is 12.9. The van der Waals surface area contributed by atoms with Gasteiger partial charge >= 0.3 is 0 Å². The van der Waals surface area contributed by atoms with Crippen molar-refractivity contribution in [2.24, 2.45) is 23.2 Å². The summed E-state index contributed by atoms with van der Waals surface area (Å²) >= 11 is 1.52. The van der Waals surface area contributed by atoms with Crippen molar-refractivity contribution in [1.82, 2.24) is 9.88 Å². The van der Waals surface area contributed by atoms with Crippen LogP contribution in [0.1, 0.15) is 60.5 Å². The normalized spacial score (nSPS) is 27.7. The van der Waals surface area contributed by atoms with Crippen molar-refractivity contribution < 1.29 is 19.4 Å². The summed E-state index contributed by atoms with van der Waals surface area (Å²) in [5.41, 5.74) is 1.37. The zero-order chi connectivity index (χ0) is 26.2. The van der Waals surface area contributed by atoms with Gasteiger partial charge in [-0.15, -0.1) is 17.8 Å². The van der Waals surface area contributed by atoms with Crippen molar-refractivity contribution in [3.05, 3.63) is 40.4 Å². The number of carbonyl (C=O) groups is 2. The number of methoxy groups -OCH3 is 1. The standard InChI is InChI=1S/C28H35N3O4S/c1-7-14-31(5)26(34)16(2)20-12-13-28(4)15-21-23(17(3)22(28)24(20)32)29-27(36-21)30-25(33)18-8-10-19(35-6)11-9-18/h1,8-11,16-17,20,22,24,32H,12-15H2,2-6H3,(H,29,30,33)/t16-,17-,20+,22+,24-,28-/m0/s1. The molecule has 2 aliphatic carbocycles. The van der Waals surface area contributed by atoms with E-state index in [-0.39, 0.29) is 47.4 Å². The molecule has 2 amide bonds. The van der Waals surface area contributed by atoms with E-state index in [4.69, 9.17) is 16.1 Å². The van der Waals surface area contributed by atoms with E-state index < -0.39 is 6.10 Å². The van der Waals surface area contributed by atoms with Crippen LogP contribution in [-0.4, -0.2) is 53.6 Å². The fourth-order valence-electron chi connectivity index (χ4n) is 6.26. The van der Waals surface area contributed by atoms with Crippen LogP contribution in [0.5, 0.6) is 5.75 Å². The second-order valence-corrected chi connectivity index (χ2v) is 11.6. The Morgan fingerprint density at radius 2 is 2.08 bits per heavy atom. The molecule has 6 atom stereocenters. The molecule has 0 radical (unpaired) electrons. The molecule has 7 nitrogen and oxygen atoms in total. The molecule has 36 heavy (non-hydrogen) atoms. The van der Waals surface area contributed by atoms with Crippen molar-refractivity contribution in [2.75, 3.05) is 26.0 Å². The van der Waals surface area contributed by atoms with Gasteiger partial charge in [-0.1, -0.05) is 26.7 Å². The van der Waals surface area contributed by atoms with Crippen molar-refractivity contribution in [3.63, 3.8) is 0 Å². The number of rotatable bonds is 6. The number of fused-ring (bicyclic) bond motifs is 2. The molecule has 192 valence electrons. The number of aliphatic hydroxyl groups is 1. The number of amides is 2. The van der Waals surface area contributed by atoms with E-state index in [0.29, 0.717) is 16.4 Å². The number of anilines is 1. The van der Waals surface area contributed by atoms with Crippen LogP contribution in [0.4, 0.5) is 5.13 Å². The van der Waals surface area contributed by atoms with Gasteiger partial charge in [-0.05, 0) is 60.8 Å². The Bertz CT molecular complexity index is 1170. The fourth-order valence-corrected chi connectivity index (χ4v) is 7.52. The molecule has 1 heterocycles. The lowest BCUT2D eigenvalue weighted by molar-refractivity contribution is -0.142. The van der Waals surface area contributed by atoms with Gasteiger partial charge in [-0.25, -0.2) is 4.98 Å². The Balaban J connectivity index is 1.53. The van der Waals surface area contributed by atoms with E-state index in [0.717, 1.165) is 29.8 Å². The second kappa shape index (κ2) is 10.2. The Morgan fingerprint density at radius 3 is 2.72 bits per heavy atom. The average Bonchev–Trinajstić information content (AvgIpc) is 3.25. The third kappa shape index (κ3) is 4.74. The highest BCUT2D eigenvalue weighted by Gasteiger charge is 2.54. The van der Waals surface area contributed by atoms with E-state index in [1.165, 1.54) is 11.3 Å². The molecule has 0 bridgehead atoms. The minimum absolute atomic E-state index is 0.00479. The zero-order valence-electron chi connectivity index (χ0n) is 21.6. The van der Waals surface area contributed by atoms with Crippen LogP contribution in [0.15, 0.2) is 24.3 Å². The lowest BCUT2D eigenvalue weighted by Crippen LogP contribution is -2.53. The first-order valence-corrected chi connectivity index (χ1v) is 13.2. The van der Waals surface area contributed by atoms with Crippen LogP contribution in [0.3, 0.4) is 0 Å². The number of terminal acetylenes is 1.